The Hall–Kier alpha value is -2.85. The third kappa shape index (κ3) is 5.54. The molecule has 3 amide bonds. The average molecular weight is 500 g/mol. The highest BCUT2D eigenvalue weighted by Crippen LogP contribution is 2.44. The van der Waals surface area contributed by atoms with Crippen molar-refractivity contribution in [1.82, 2.24) is 15.3 Å². The molecule has 0 bridgehead atoms. The number of carbonyl (C=O) groups excluding carboxylic acids is 3. The molecule has 0 radical (unpaired) electrons. The molecule has 2 aliphatic rings. The van der Waals surface area contributed by atoms with Crippen molar-refractivity contribution < 1.29 is 19.1 Å². The molecule has 0 unspecified atom stereocenters. The molecule has 2 aromatic rings. The number of aryl methyl sites for hydroxylation is 1. The van der Waals surface area contributed by atoms with Crippen LogP contribution >= 0.6 is 11.3 Å². The van der Waals surface area contributed by atoms with Crippen molar-refractivity contribution in [3.05, 3.63) is 33.9 Å². The van der Waals surface area contributed by atoms with E-state index in [4.69, 9.17) is 4.74 Å². The van der Waals surface area contributed by atoms with Crippen molar-refractivity contribution in [1.29, 1.82) is 0 Å². The first-order valence-electron chi connectivity index (χ1n) is 12.3. The van der Waals surface area contributed by atoms with Gasteiger partial charge in [-0.15, -0.1) is 11.3 Å². The first kappa shape index (κ1) is 25.2. The van der Waals surface area contributed by atoms with E-state index < -0.39 is 11.5 Å². The lowest BCUT2D eigenvalue weighted by Gasteiger charge is -2.31. The fourth-order valence-electron chi connectivity index (χ4n) is 4.86. The zero-order valence-electron chi connectivity index (χ0n) is 20.5. The first-order valence-corrected chi connectivity index (χ1v) is 13.1. The summed E-state index contributed by atoms with van der Waals surface area (Å²) in [6, 6.07) is 0.983. The highest BCUT2D eigenvalue weighted by Gasteiger charge is 2.48. The summed E-state index contributed by atoms with van der Waals surface area (Å²) < 4.78 is 5.45. The van der Waals surface area contributed by atoms with Gasteiger partial charge in [-0.3, -0.25) is 14.4 Å². The summed E-state index contributed by atoms with van der Waals surface area (Å²) in [5, 5.41) is 9.46. The average Bonchev–Trinajstić information content (AvgIpc) is 3.38. The summed E-state index contributed by atoms with van der Waals surface area (Å²) in [5.41, 5.74) is 0.907. The maximum atomic E-state index is 13.2. The Morgan fingerprint density at radius 2 is 1.97 bits per heavy atom. The van der Waals surface area contributed by atoms with Gasteiger partial charge in [0.2, 0.25) is 11.8 Å². The number of hydrogen-bond donors (Lipinski definition) is 3. The van der Waals surface area contributed by atoms with Gasteiger partial charge in [0, 0.05) is 31.0 Å². The molecule has 1 spiro atoms. The predicted molar refractivity (Wildman–Crippen MR) is 135 cm³/mol. The minimum atomic E-state index is -0.712. The first-order chi connectivity index (χ1) is 16.8. The van der Waals surface area contributed by atoms with Gasteiger partial charge < -0.3 is 20.7 Å². The molecule has 188 valence electrons. The Morgan fingerprint density at radius 1 is 1.20 bits per heavy atom. The third-order valence-electron chi connectivity index (χ3n) is 6.90. The van der Waals surface area contributed by atoms with E-state index in [0.29, 0.717) is 54.8 Å². The Kier molecular flexibility index (Phi) is 7.81. The van der Waals surface area contributed by atoms with Crippen LogP contribution < -0.4 is 16.0 Å². The number of carbonyl (C=O) groups is 3. The van der Waals surface area contributed by atoms with Gasteiger partial charge in [-0.05, 0) is 38.5 Å². The van der Waals surface area contributed by atoms with Crippen molar-refractivity contribution in [2.45, 2.75) is 70.8 Å². The number of pyridine rings is 1. The molecule has 4 rings (SSSR count). The molecule has 0 saturated carbocycles. The lowest BCUT2D eigenvalue weighted by molar-refractivity contribution is -0.124. The Bertz CT molecular complexity index is 1100. The second kappa shape index (κ2) is 10.8. The maximum Gasteiger partial charge on any atom is 0.263 e. The van der Waals surface area contributed by atoms with Crippen molar-refractivity contribution in [3.63, 3.8) is 0 Å². The number of aromatic nitrogens is 2. The van der Waals surface area contributed by atoms with Crippen LogP contribution in [0.25, 0.3) is 0 Å². The molecule has 2 atom stereocenters. The van der Waals surface area contributed by atoms with Crippen molar-refractivity contribution in [3.8, 4) is 0 Å². The van der Waals surface area contributed by atoms with Crippen LogP contribution in [-0.2, 0) is 19.7 Å². The number of hydrogen-bond acceptors (Lipinski definition) is 7. The number of thiazole rings is 1. The lowest BCUT2D eigenvalue weighted by Crippen LogP contribution is -2.44. The van der Waals surface area contributed by atoms with Gasteiger partial charge in [0.25, 0.3) is 5.91 Å². The minimum Gasteiger partial charge on any atom is -0.381 e. The van der Waals surface area contributed by atoms with E-state index in [2.05, 4.69) is 39.8 Å². The van der Waals surface area contributed by atoms with Crippen LogP contribution in [0.5, 0.6) is 0 Å². The molecule has 4 heterocycles. The van der Waals surface area contributed by atoms with Gasteiger partial charge in [-0.2, -0.15) is 0 Å². The SMILES string of the molecule is CCC[C@H](C)CC[C@H](NC(=O)c1cnc(C)s1)C(=O)Nc1cc2c(cn1)C1(CCOCC1)C(=O)N2. The van der Waals surface area contributed by atoms with Crippen LogP contribution in [0.2, 0.25) is 0 Å². The number of amides is 3. The number of rotatable bonds is 9. The van der Waals surface area contributed by atoms with Crippen LogP contribution in [0.15, 0.2) is 18.5 Å². The van der Waals surface area contributed by atoms with Crippen LogP contribution in [0, 0.1) is 12.8 Å². The molecule has 10 heteroatoms. The van der Waals surface area contributed by atoms with Gasteiger partial charge in [0.15, 0.2) is 0 Å². The maximum absolute atomic E-state index is 13.2. The summed E-state index contributed by atoms with van der Waals surface area (Å²) in [6.45, 7) is 7.19. The van der Waals surface area contributed by atoms with E-state index in [1.165, 1.54) is 17.5 Å². The van der Waals surface area contributed by atoms with E-state index in [0.717, 1.165) is 29.8 Å². The van der Waals surface area contributed by atoms with Crippen LogP contribution in [-0.4, -0.2) is 46.9 Å². The van der Waals surface area contributed by atoms with Crippen LogP contribution in [0.1, 0.15) is 72.6 Å². The third-order valence-corrected chi connectivity index (χ3v) is 7.81. The number of ether oxygens (including phenoxy) is 1. The lowest BCUT2D eigenvalue weighted by atomic mass is 9.76. The Labute approximate surface area is 209 Å². The standard InChI is InChI=1S/C25H33N5O4S/c1-4-5-15(2)6-7-18(28-23(32)20-14-26-16(3)35-20)22(31)30-21-12-19-17(13-27-21)25(24(33)29-19)8-10-34-11-9-25/h12-15,18H,4-11H2,1-3H3,(H,28,32)(H,29,33)(H,27,30,31)/t15-,18-/m0/s1. The molecule has 0 aromatic carbocycles. The topological polar surface area (TPSA) is 122 Å². The van der Waals surface area contributed by atoms with Crippen molar-refractivity contribution >= 4 is 40.6 Å². The predicted octanol–water partition coefficient (Wildman–Crippen LogP) is 3.80. The van der Waals surface area contributed by atoms with Gasteiger partial charge in [-0.25, -0.2) is 9.97 Å². The Balaban J connectivity index is 1.48. The zero-order valence-corrected chi connectivity index (χ0v) is 21.3. The van der Waals surface area contributed by atoms with E-state index in [1.807, 2.05) is 6.92 Å². The molecule has 3 N–H and O–H groups in total. The number of nitrogens with zero attached hydrogens (tertiary/aromatic N) is 2. The second-order valence-electron chi connectivity index (χ2n) is 9.49. The van der Waals surface area contributed by atoms with Crippen molar-refractivity contribution in [2.24, 2.45) is 5.92 Å². The molecular formula is C25H33N5O4S. The number of nitrogens with one attached hydrogen (secondary N) is 3. The summed E-state index contributed by atoms with van der Waals surface area (Å²) in [7, 11) is 0. The quantitative estimate of drug-likeness (QED) is 0.482. The molecule has 2 aliphatic heterocycles. The summed E-state index contributed by atoms with van der Waals surface area (Å²) >= 11 is 1.29. The van der Waals surface area contributed by atoms with Gasteiger partial charge in [0.1, 0.15) is 16.7 Å². The number of fused-ring (bicyclic) bond motifs is 2. The van der Waals surface area contributed by atoms with Crippen LogP contribution in [0.3, 0.4) is 0 Å². The minimum absolute atomic E-state index is 0.0454. The zero-order chi connectivity index (χ0) is 25.0. The van der Waals surface area contributed by atoms with Gasteiger partial charge >= 0.3 is 0 Å². The summed E-state index contributed by atoms with van der Waals surface area (Å²) in [4.78, 5) is 47.8. The second-order valence-corrected chi connectivity index (χ2v) is 10.7. The van der Waals surface area contributed by atoms with Gasteiger partial charge in [0.05, 0.1) is 22.3 Å². The monoisotopic (exact) mass is 499 g/mol. The molecule has 0 aliphatic carbocycles. The van der Waals surface area contributed by atoms with Gasteiger partial charge in [-0.1, -0.05) is 26.7 Å². The molecule has 2 aromatic heterocycles. The van der Waals surface area contributed by atoms with E-state index in [1.54, 1.807) is 12.3 Å². The molecule has 35 heavy (non-hydrogen) atoms. The molecule has 1 fully saturated rings. The fraction of sp³-hybridized carbons (Fsp3) is 0.560. The highest BCUT2D eigenvalue weighted by atomic mass is 32.1. The summed E-state index contributed by atoms with van der Waals surface area (Å²) in [6.07, 6.45) is 7.89. The fourth-order valence-corrected chi connectivity index (χ4v) is 5.54. The van der Waals surface area contributed by atoms with Crippen molar-refractivity contribution in [2.75, 3.05) is 23.8 Å². The summed E-state index contributed by atoms with van der Waals surface area (Å²) in [5.74, 6) is 0.0980. The van der Waals surface area contributed by atoms with E-state index >= 15 is 0 Å². The molecular weight excluding hydrogens is 466 g/mol. The largest absolute Gasteiger partial charge is 0.381 e. The van der Waals surface area contributed by atoms with E-state index in [-0.39, 0.29) is 17.7 Å². The normalized spacial score (nSPS) is 18.0. The number of anilines is 2. The smallest absolute Gasteiger partial charge is 0.263 e. The highest BCUT2D eigenvalue weighted by molar-refractivity contribution is 7.13. The molecule has 9 nitrogen and oxygen atoms in total. The molecule has 1 saturated heterocycles. The van der Waals surface area contributed by atoms with E-state index in [9.17, 15) is 14.4 Å². The Morgan fingerprint density at radius 3 is 2.66 bits per heavy atom. The van der Waals surface area contributed by atoms with Crippen LogP contribution in [0.4, 0.5) is 11.5 Å².